The number of carbonyl (C=O) groups excluding carboxylic acids is 2. The molecule has 1 unspecified atom stereocenters. The Hall–Kier alpha value is -3.02. The van der Waals surface area contributed by atoms with E-state index >= 15 is 0 Å². The molecule has 0 aromatic heterocycles. The number of methoxy groups -OCH3 is 1. The third kappa shape index (κ3) is 5.03. The van der Waals surface area contributed by atoms with Gasteiger partial charge in [0.05, 0.1) is 19.6 Å². The topological polar surface area (TPSA) is 67.9 Å². The quantitative estimate of drug-likeness (QED) is 0.713. The molecule has 2 amide bonds. The zero-order chi connectivity index (χ0) is 19.9. The first kappa shape index (κ1) is 19.7. The second kappa shape index (κ2) is 9.26. The van der Waals surface area contributed by atoms with Crippen molar-refractivity contribution in [2.75, 3.05) is 26.8 Å². The first-order valence-corrected chi connectivity index (χ1v) is 9.43. The number of benzene rings is 2. The van der Waals surface area contributed by atoms with Crippen LogP contribution < -0.4 is 14.8 Å². The predicted molar refractivity (Wildman–Crippen MR) is 106 cm³/mol. The SMILES string of the molecule is COc1ccc(OCCNC(=O)C2CC(=O)N(Cc3ccccc3C)C2)cc1. The molecule has 1 N–H and O–H groups in total. The Balaban J connectivity index is 1.42. The largest absolute Gasteiger partial charge is 0.497 e. The number of nitrogens with one attached hydrogen (secondary N) is 1. The summed E-state index contributed by atoms with van der Waals surface area (Å²) in [5.41, 5.74) is 2.27. The Morgan fingerprint density at radius 3 is 2.57 bits per heavy atom. The third-order valence-electron chi connectivity index (χ3n) is 4.94. The number of likely N-dealkylation sites (tertiary alicyclic amines) is 1. The first-order valence-electron chi connectivity index (χ1n) is 9.43. The van der Waals surface area contributed by atoms with E-state index in [1.807, 2.05) is 55.5 Å². The van der Waals surface area contributed by atoms with Gasteiger partial charge in [0, 0.05) is 19.5 Å². The number of ether oxygens (including phenoxy) is 2. The van der Waals surface area contributed by atoms with Crippen molar-refractivity contribution in [2.45, 2.75) is 19.9 Å². The molecule has 0 radical (unpaired) electrons. The van der Waals surface area contributed by atoms with Gasteiger partial charge in [-0.15, -0.1) is 0 Å². The van der Waals surface area contributed by atoms with Crippen LogP contribution in [0.2, 0.25) is 0 Å². The van der Waals surface area contributed by atoms with E-state index in [-0.39, 0.29) is 24.2 Å². The molecule has 0 spiro atoms. The maximum atomic E-state index is 12.4. The molecule has 1 aliphatic heterocycles. The van der Waals surface area contributed by atoms with E-state index in [1.54, 1.807) is 12.0 Å². The molecule has 2 aromatic carbocycles. The summed E-state index contributed by atoms with van der Waals surface area (Å²) in [6.07, 6.45) is 0.261. The number of aryl methyl sites for hydroxylation is 1. The molecule has 1 heterocycles. The minimum atomic E-state index is -0.308. The molecule has 1 aliphatic rings. The molecule has 0 bridgehead atoms. The number of rotatable bonds is 8. The Morgan fingerprint density at radius 1 is 1.14 bits per heavy atom. The lowest BCUT2D eigenvalue weighted by atomic mass is 10.1. The molecular formula is C22H26N2O4. The third-order valence-corrected chi connectivity index (χ3v) is 4.94. The van der Waals surface area contributed by atoms with Crippen molar-refractivity contribution in [3.05, 3.63) is 59.7 Å². The van der Waals surface area contributed by atoms with E-state index < -0.39 is 0 Å². The highest BCUT2D eigenvalue weighted by atomic mass is 16.5. The summed E-state index contributed by atoms with van der Waals surface area (Å²) in [4.78, 5) is 26.4. The zero-order valence-electron chi connectivity index (χ0n) is 16.3. The van der Waals surface area contributed by atoms with Gasteiger partial charge in [-0.25, -0.2) is 0 Å². The van der Waals surface area contributed by atoms with Gasteiger partial charge in [0.2, 0.25) is 11.8 Å². The molecule has 6 nitrogen and oxygen atoms in total. The van der Waals surface area contributed by atoms with Crippen LogP contribution in [0.15, 0.2) is 48.5 Å². The number of hydrogen-bond donors (Lipinski definition) is 1. The van der Waals surface area contributed by atoms with Gasteiger partial charge in [-0.2, -0.15) is 0 Å². The van der Waals surface area contributed by atoms with Crippen molar-refractivity contribution >= 4 is 11.8 Å². The van der Waals surface area contributed by atoms with Gasteiger partial charge >= 0.3 is 0 Å². The summed E-state index contributed by atoms with van der Waals surface area (Å²) >= 11 is 0. The number of nitrogens with zero attached hydrogens (tertiary/aromatic N) is 1. The first-order chi connectivity index (χ1) is 13.6. The van der Waals surface area contributed by atoms with E-state index in [2.05, 4.69) is 5.32 Å². The van der Waals surface area contributed by atoms with Gasteiger partial charge in [0.15, 0.2) is 0 Å². The van der Waals surface area contributed by atoms with Gasteiger partial charge < -0.3 is 19.7 Å². The second-order valence-corrected chi connectivity index (χ2v) is 6.92. The highest BCUT2D eigenvalue weighted by Gasteiger charge is 2.34. The van der Waals surface area contributed by atoms with E-state index in [1.165, 1.54) is 0 Å². The summed E-state index contributed by atoms with van der Waals surface area (Å²) < 4.78 is 10.7. The fourth-order valence-corrected chi connectivity index (χ4v) is 3.25. The minimum absolute atomic E-state index is 0.0258. The maximum absolute atomic E-state index is 12.4. The fourth-order valence-electron chi connectivity index (χ4n) is 3.25. The van der Waals surface area contributed by atoms with E-state index in [9.17, 15) is 9.59 Å². The summed E-state index contributed by atoms with van der Waals surface area (Å²) in [5.74, 6) is 1.10. The lowest BCUT2D eigenvalue weighted by molar-refractivity contribution is -0.129. The summed E-state index contributed by atoms with van der Waals surface area (Å²) in [5, 5.41) is 2.87. The molecule has 3 rings (SSSR count). The number of amides is 2. The second-order valence-electron chi connectivity index (χ2n) is 6.92. The van der Waals surface area contributed by atoms with Gasteiger partial charge in [-0.05, 0) is 42.3 Å². The molecular weight excluding hydrogens is 356 g/mol. The highest BCUT2D eigenvalue weighted by Crippen LogP contribution is 2.21. The van der Waals surface area contributed by atoms with Crippen molar-refractivity contribution in [3.8, 4) is 11.5 Å². The Labute approximate surface area is 165 Å². The van der Waals surface area contributed by atoms with Crippen molar-refractivity contribution in [3.63, 3.8) is 0 Å². The normalized spacial score (nSPS) is 16.1. The van der Waals surface area contributed by atoms with Crippen molar-refractivity contribution < 1.29 is 19.1 Å². The van der Waals surface area contributed by atoms with Crippen LogP contribution in [-0.4, -0.2) is 43.5 Å². The lowest BCUT2D eigenvalue weighted by Crippen LogP contribution is -2.35. The number of hydrogen-bond acceptors (Lipinski definition) is 4. The summed E-state index contributed by atoms with van der Waals surface area (Å²) in [6, 6.07) is 15.3. The summed E-state index contributed by atoms with van der Waals surface area (Å²) in [7, 11) is 1.61. The number of carbonyl (C=O) groups is 2. The monoisotopic (exact) mass is 382 g/mol. The van der Waals surface area contributed by atoms with E-state index in [0.717, 1.165) is 22.6 Å². The van der Waals surface area contributed by atoms with Crippen molar-refractivity contribution in [2.24, 2.45) is 5.92 Å². The average molecular weight is 382 g/mol. The molecule has 1 saturated heterocycles. The lowest BCUT2D eigenvalue weighted by Gasteiger charge is -2.18. The minimum Gasteiger partial charge on any atom is -0.497 e. The van der Waals surface area contributed by atoms with Gasteiger partial charge in [-0.1, -0.05) is 24.3 Å². The molecule has 148 valence electrons. The summed E-state index contributed by atoms with van der Waals surface area (Å²) in [6.45, 7) is 3.80. The molecule has 2 aromatic rings. The van der Waals surface area contributed by atoms with Gasteiger partial charge in [-0.3, -0.25) is 9.59 Å². The highest BCUT2D eigenvalue weighted by molar-refractivity contribution is 5.89. The Kier molecular flexibility index (Phi) is 6.53. The van der Waals surface area contributed by atoms with E-state index in [0.29, 0.717) is 26.2 Å². The average Bonchev–Trinajstić information content (AvgIpc) is 3.08. The van der Waals surface area contributed by atoms with Gasteiger partial charge in [0.25, 0.3) is 0 Å². The van der Waals surface area contributed by atoms with Crippen LogP contribution in [-0.2, 0) is 16.1 Å². The van der Waals surface area contributed by atoms with Crippen molar-refractivity contribution in [1.82, 2.24) is 10.2 Å². The molecule has 1 fully saturated rings. The molecule has 0 saturated carbocycles. The van der Waals surface area contributed by atoms with Crippen LogP contribution in [0.3, 0.4) is 0 Å². The standard InChI is InChI=1S/C22H26N2O4/c1-16-5-3-4-6-17(16)14-24-15-18(13-21(24)25)22(26)23-11-12-28-20-9-7-19(27-2)8-10-20/h3-10,18H,11-15H2,1-2H3,(H,23,26). The smallest absolute Gasteiger partial charge is 0.225 e. The van der Waals surface area contributed by atoms with E-state index in [4.69, 9.17) is 9.47 Å². The van der Waals surface area contributed by atoms with Crippen molar-refractivity contribution in [1.29, 1.82) is 0 Å². The maximum Gasteiger partial charge on any atom is 0.225 e. The Bertz CT molecular complexity index is 820. The molecule has 6 heteroatoms. The fraction of sp³-hybridized carbons (Fsp3) is 0.364. The van der Waals surface area contributed by atoms with Gasteiger partial charge in [0.1, 0.15) is 18.1 Å². The Morgan fingerprint density at radius 2 is 1.86 bits per heavy atom. The van der Waals surface area contributed by atoms with Crippen LogP contribution in [0, 0.1) is 12.8 Å². The van der Waals surface area contributed by atoms with Crippen LogP contribution >= 0.6 is 0 Å². The molecule has 0 aliphatic carbocycles. The molecule has 1 atom stereocenters. The van der Waals surface area contributed by atoms with Crippen LogP contribution in [0.4, 0.5) is 0 Å². The van der Waals surface area contributed by atoms with Crippen LogP contribution in [0.5, 0.6) is 11.5 Å². The molecule has 28 heavy (non-hydrogen) atoms. The van der Waals surface area contributed by atoms with Crippen LogP contribution in [0.25, 0.3) is 0 Å². The zero-order valence-corrected chi connectivity index (χ0v) is 16.3. The predicted octanol–water partition coefficient (Wildman–Crippen LogP) is 2.55. The van der Waals surface area contributed by atoms with Crippen LogP contribution in [0.1, 0.15) is 17.5 Å².